The Morgan fingerprint density at radius 2 is 1.51 bits per heavy atom. The van der Waals surface area contributed by atoms with E-state index in [9.17, 15) is 44.1 Å². The third-order valence-corrected chi connectivity index (χ3v) is 13.6. The minimum Gasteiger partial charge on any atom is -0.508 e. The van der Waals surface area contributed by atoms with Gasteiger partial charge in [-0.15, -0.1) is 0 Å². The average molecular weight is 944 g/mol. The maximum absolute atomic E-state index is 13.8. The van der Waals surface area contributed by atoms with Gasteiger partial charge in [0.15, 0.2) is 11.2 Å². The lowest BCUT2D eigenvalue weighted by Gasteiger charge is -2.42. The molecule has 16 heteroatoms. The number of phenolic OH excluding ortho intramolecular Hbond substituents is 1. The van der Waals surface area contributed by atoms with E-state index >= 15 is 0 Å². The largest absolute Gasteiger partial charge is 0.508 e. The molecule has 0 radical (unpaired) electrons. The summed E-state index contributed by atoms with van der Waals surface area (Å²) in [5.41, 5.74) is -5.59. The molecule has 4 N–H and O–H groups in total. The molecule has 376 valence electrons. The van der Waals surface area contributed by atoms with E-state index in [-0.39, 0.29) is 24.2 Å². The molecular formula is C51H77NO15. The first-order valence-electron chi connectivity index (χ1n) is 24.3. The molecule has 0 bridgehead atoms. The average Bonchev–Trinajstić information content (AvgIpc) is 3.57. The molecule has 2 unspecified atom stereocenters. The van der Waals surface area contributed by atoms with E-state index in [0.717, 1.165) is 69.4 Å². The van der Waals surface area contributed by atoms with Crippen LogP contribution in [0.4, 0.5) is 4.79 Å². The minimum atomic E-state index is -2.63. The van der Waals surface area contributed by atoms with E-state index < -0.39 is 107 Å². The lowest BCUT2D eigenvalue weighted by Crippen LogP contribution is -2.65. The number of hydrogen-bond donors (Lipinski definition) is 4. The second kappa shape index (κ2) is 23.5. The van der Waals surface area contributed by atoms with Crippen molar-refractivity contribution in [3.05, 3.63) is 41.0 Å². The predicted molar refractivity (Wildman–Crippen MR) is 246 cm³/mol. The number of fused-ring (bicyclic) bond motifs is 3. The number of nitrogens with one attached hydrogen (secondary N) is 1. The molecular weight excluding hydrogens is 867 g/mol. The number of amides is 1. The molecule has 0 aromatic heterocycles. The summed E-state index contributed by atoms with van der Waals surface area (Å²) < 4.78 is 35.5. The maximum Gasteiger partial charge on any atom is 0.407 e. The lowest BCUT2D eigenvalue weighted by molar-refractivity contribution is -0.215. The Labute approximate surface area is 396 Å². The number of rotatable bonds is 22. The number of alkyl carbamates (subject to hydrolysis) is 1. The number of esters is 5. The van der Waals surface area contributed by atoms with Crippen LogP contribution in [0.2, 0.25) is 0 Å². The van der Waals surface area contributed by atoms with Crippen molar-refractivity contribution in [2.24, 2.45) is 17.8 Å². The van der Waals surface area contributed by atoms with Gasteiger partial charge in [-0.25, -0.2) is 14.4 Å². The Morgan fingerprint density at radius 1 is 0.866 bits per heavy atom. The first kappa shape index (κ1) is 54.9. The summed E-state index contributed by atoms with van der Waals surface area (Å²) in [7, 11) is 0. The Hall–Kier alpha value is -4.70. The van der Waals surface area contributed by atoms with Crippen molar-refractivity contribution < 1.29 is 72.5 Å². The zero-order chi connectivity index (χ0) is 49.9. The van der Waals surface area contributed by atoms with Crippen LogP contribution in [0.3, 0.4) is 0 Å². The third kappa shape index (κ3) is 13.7. The van der Waals surface area contributed by atoms with Crippen molar-refractivity contribution in [1.82, 2.24) is 5.32 Å². The fraction of sp³-hybridized carbons (Fsp3) is 0.725. The maximum atomic E-state index is 13.8. The number of aromatic hydroxyl groups is 1. The molecule has 1 aromatic rings. The van der Waals surface area contributed by atoms with Crippen molar-refractivity contribution in [2.45, 2.75) is 212 Å². The van der Waals surface area contributed by atoms with Gasteiger partial charge in [0.25, 0.3) is 0 Å². The van der Waals surface area contributed by atoms with Crippen LogP contribution in [0.5, 0.6) is 5.75 Å². The number of hydrogen-bond acceptors (Lipinski definition) is 15. The first-order valence-corrected chi connectivity index (χ1v) is 24.3. The minimum absolute atomic E-state index is 0.0611. The Balaban J connectivity index is 1.53. The van der Waals surface area contributed by atoms with Gasteiger partial charge in [0.1, 0.15) is 41.4 Å². The highest BCUT2D eigenvalue weighted by Gasteiger charge is 2.78. The zero-order valence-corrected chi connectivity index (χ0v) is 41.4. The van der Waals surface area contributed by atoms with Gasteiger partial charge in [0, 0.05) is 56.1 Å². The number of phenols is 1. The molecule has 10 atom stereocenters. The van der Waals surface area contributed by atoms with Crippen LogP contribution in [0.25, 0.3) is 0 Å². The predicted octanol–water partition coefficient (Wildman–Crippen LogP) is 7.42. The van der Waals surface area contributed by atoms with E-state index in [1.807, 2.05) is 26.8 Å². The van der Waals surface area contributed by atoms with E-state index in [1.165, 1.54) is 6.92 Å². The molecule has 1 aromatic carbocycles. The highest BCUT2D eigenvalue weighted by Crippen LogP contribution is 2.59. The van der Waals surface area contributed by atoms with E-state index in [1.54, 1.807) is 45.9 Å². The summed E-state index contributed by atoms with van der Waals surface area (Å²) >= 11 is 0. The van der Waals surface area contributed by atoms with Gasteiger partial charge >= 0.3 is 35.9 Å². The summed E-state index contributed by atoms with van der Waals surface area (Å²) in [5, 5.41) is 38.1. The summed E-state index contributed by atoms with van der Waals surface area (Å²) in [4.78, 5) is 79.3. The number of benzene rings is 1. The number of aliphatic hydroxyl groups is 2. The Bertz CT molecular complexity index is 1940. The van der Waals surface area contributed by atoms with Gasteiger partial charge in [-0.3, -0.25) is 14.4 Å². The molecule has 1 saturated heterocycles. The van der Waals surface area contributed by atoms with Gasteiger partial charge < -0.3 is 49.1 Å². The van der Waals surface area contributed by atoms with Gasteiger partial charge in [0.2, 0.25) is 0 Å². The van der Waals surface area contributed by atoms with Crippen LogP contribution in [-0.4, -0.2) is 105 Å². The van der Waals surface area contributed by atoms with Crippen molar-refractivity contribution in [3.8, 4) is 5.75 Å². The number of allylic oxidation sites excluding steroid dienone is 1. The number of carbonyl (C=O) groups is 6. The molecule has 16 nitrogen and oxygen atoms in total. The van der Waals surface area contributed by atoms with Crippen molar-refractivity contribution in [1.29, 1.82) is 0 Å². The fourth-order valence-corrected chi connectivity index (χ4v) is 10.0. The Morgan fingerprint density at radius 3 is 2.16 bits per heavy atom. The molecule has 3 fully saturated rings. The fourth-order valence-electron chi connectivity index (χ4n) is 10.0. The molecule has 1 amide bonds. The quantitative estimate of drug-likeness (QED) is 0.0384. The standard InChI is InChI=1S/C51H77NO15/c1-11-13-14-15-19-24-39(56)63-43-41-40(32(4)42(43)64-45(57)31(3)12-2)44-51(61,50(10,60)46(58)65-44)37(30-49(41,9)66-33(5)53)62-38(55)25-21-22-34-26-27-36(54)35(29-34)23-18-16-17-20-28-52-47(59)67-48(6,7)8/h12,26-27,29,32,37,40-44,54,60-61H,11,13-25,28,30H2,1-10H3,(H,52,59)/b31-12-/t32?,37-,40?,41+,42-,43-,44-,49-,50+,51+/m0/s1. The molecule has 67 heavy (non-hydrogen) atoms. The van der Waals surface area contributed by atoms with Gasteiger partial charge in [-0.2, -0.15) is 0 Å². The number of carbonyl (C=O) groups excluding carboxylic acids is 6. The SMILES string of the molecule is C/C=C(/C)C(=O)O[C@H]1C(C)C2[C@H]([C@@H]1OC(=O)CCCCCCC)[C@@](C)(OC(C)=O)C[C@H](OC(=O)CCCc1ccc(O)c(CCCCCCNC(=O)OC(C)(C)C)c1)[C@@]1(O)[C@H]2OC(=O)[C@@]1(C)O. The molecule has 3 aliphatic rings. The van der Waals surface area contributed by atoms with Crippen LogP contribution in [-0.2, 0) is 65.2 Å². The van der Waals surface area contributed by atoms with Crippen LogP contribution < -0.4 is 5.32 Å². The molecule has 0 spiro atoms. The van der Waals surface area contributed by atoms with Gasteiger partial charge in [-0.1, -0.05) is 70.6 Å². The monoisotopic (exact) mass is 944 g/mol. The number of unbranched alkanes of at least 4 members (excludes halogenated alkanes) is 7. The van der Waals surface area contributed by atoms with Crippen LogP contribution in [0, 0.1) is 17.8 Å². The summed E-state index contributed by atoms with van der Waals surface area (Å²) in [5.74, 6) is -6.77. The molecule has 4 rings (SSSR count). The van der Waals surface area contributed by atoms with Gasteiger partial charge in [0.05, 0.1) is 0 Å². The number of aryl methyl sites for hydroxylation is 2. The van der Waals surface area contributed by atoms with E-state index in [4.69, 9.17) is 28.4 Å². The third-order valence-electron chi connectivity index (χ3n) is 13.6. The normalized spacial score (nSPS) is 29.2. The molecule has 2 aliphatic carbocycles. The lowest BCUT2D eigenvalue weighted by atomic mass is 9.71. The van der Waals surface area contributed by atoms with Crippen molar-refractivity contribution in [2.75, 3.05) is 6.54 Å². The van der Waals surface area contributed by atoms with Crippen molar-refractivity contribution in [3.63, 3.8) is 0 Å². The van der Waals surface area contributed by atoms with E-state index in [0.29, 0.717) is 32.2 Å². The second-order valence-electron chi connectivity index (χ2n) is 20.1. The van der Waals surface area contributed by atoms with E-state index in [2.05, 4.69) is 12.2 Å². The summed E-state index contributed by atoms with van der Waals surface area (Å²) in [6.45, 7) is 16.8. The van der Waals surface area contributed by atoms with Crippen LogP contribution in [0.1, 0.15) is 164 Å². The van der Waals surface area contributed by atoms with Crippen LogP contribution in [0.15, 0.2) is 29.8 Å². The summed E-state index contributed by atoms with van der Waals surface area (Å²) in [6.07, 6.45) is 3.91. The zero-order valence-electron chi connectivity index (χ0n) is 41.4. The van der Waals surface area contributed by atoms with Crippen molar-refractivity contribution >= 4 is 35.9 Å². The number of ether oxygens (including phenoxy) is 6. The highest BCUT2D eigenvalue weighted by molar-refractivity contribution is 5.88. The molecule has 1 heterocycles. The Kier molecular flexibility index (Phi) is 19.3. The van der Waals surface area contributed by atoms with Gasteiger partial charge in [-0.05, 0) is 104 Å². The topological polar surface area (TPSA) is 231 Å². The highest BCUT2D eigenvalue weighted by atomic mass is 16.6. The smallest absolute Gasteiger partial charge is 0.407 e. The summed E-state index contributed by atoms with van der Waals surface area (Å²) in [6, 6.07) is 5.29. The molecule has 2 saturated carbocycles. The second-order valence-corrected chi connectivity index (χ2v) is 20.1. The van der Waals surface area contributed by atoms with Crippen LogP contribution >= 0.6 is 0 Å². The molecule has 1 aliphatic heterocycles. The first-order chi connectivity index (χ1) is 31.4.